The molecule has 0 saturated carbocycles. The minimum Gasteiger partial charge on any atom is -0.342 e. The Hall–Kier alpha value is -1.67. The predicted octanol–water partition coefficient (Wildman–Crippen LogP) is 4.38. The van der Waals surface area contributed by atoms with Gasteiger partial charge in [-0.25, -0.2) is 9.37 Å². The number of thioether (sulfide) groups is 1. The molecule has 8 heteroatoms. The maximum atomic E-state index is 13.6. The summed E-state index contributed by atoms with van der Waals surface area (Å²) in [6, 6.07) is 5.18. The number of fused-ring (bicyclic) bond motifs is 1. The summed E-state index contributed by atoms with van der Waals surface area (Å²) in [4.78, 5) is 22.0. The van der Waals surface area contributed by atoms with E-state index in [-0.39, 0.29) is 11.7 Å². The second-order valence-corrected chi connectivity index (χ2v) is 9.20. The highest BCUT2D eigenvalue weighted by molar-refractivity contribution is 7.99. The highest BCUT2D eigenvalue weighted by atomic mass is 32.2. The van der Waals surface area contributed by atoms with Gasteiger partial charge in [0.15, 0.2) is 5.16 Å². The molecule has 2 aromatic rings. The molecule has 30 heavy (non-hydrogen) atoms. The average Bonchev–Trinajstić information content (AvgIpc) is 3.11. The first kappa shape index (κ1) is 21.6. The molecule has 0 radical (unpaired) electrons. The molecular weight excluding hydrogens is 406 g/mol. The van der Waals surface area contributed by atoms with Crippen molar-refractivity contribution in [3.63, 3.8) is 0 Å². The minimum atomic E-state index is -1.00. The van der Waals surface area contributed by atoms with E-state index in [0.717, 1.165) is 73.8 Å². The zero-order valence-electron chi connectivity index (χ0n) is 18.8. The molecule has 4 rings (SSSR count). The second kappa shape index (κ2) is 10.6. The fourth-order valence-electron chi connectivity index (χ4n) is 4.49. The molecule has 5 nitrogen and oxygen atoms in total. The quantitative estimate of drug-likeness (QED) is 0.663. The third-order valence-electron chi connectivity index (χ3n) is 6.10. The summed E-state index contributed by atoms with van der Waals surface area (Å²) in [6.07, 6.45) is 3.81. The van der Waals surface area contributed by atoms with Crippen molar-refractivity contribution in [3.05, 3.63) is 24.0 Å². The Kier molecular flexibility index (Phi) is 7.60. The van der Waals surface area contributed by atoms with Crippen molar-refractivity contribution in [2.75, 3.05) is 46.1 Å². The fraction of sp³-hybridized carbons (Fsp3) is 0.636. The van der Waals surface area contributed by atoms with E-state index in [9.17, 15) is 13.6 Å². The number of benzene rings is 1. The molecule has 1 aromatic heterocycles. The minimum absolute atomic E-state index is 0.191. The lowest BCUT2D eigenvalue weighted by Gasteiger charge is -2.37. The number of piperidine rings is 2. The number of rotatable bonds is 4. The smallest absolute Gasteiger partial charge is 0.225 e. The van der Waals surface area contributed by atoms with Gasteiger partial charge in [-0.2, -0.15) is 0 Å². The van der Waals surface area contributed by atoms with E-state index in [4.69, 9.17) is 1.37 Å². The van der Waals surface area contributed by atoms with E-state index in [0.29, 0.717) is 11.9 Å². The van der Waals surface area contributed by atoms with E-state index < -0.39 is 7.15 Å². The molecule has 0 atom stereocenters. The van der Waals surface area contributed by atoms with Gasteiger partial charge in [-0.3, -0.25) is 9.18 Å². The van der Waals surface area contributed by atoms with Gasteiger partial charge in [0.05, 0.1) is 19.6 Å². The molecule has 1 aromatic carbocycles. The standard InChI is InChI=1S/C21H29FN4OS.CH3F/c1-3-28-21-23-18-14-16(22)4-5-19(18)26(21)17-8-12-25(13-9-17)20(27)15-6-10-24(2)11-7-15;1-2/h4-5,14-15,17H,3,6-13H2,1-2H3;1H3/i;1D. The number of hydrogen-bond donors (Lipinski definition) is 0. The summed E-state index contributed by atoms with van der Waals surface area (Å²) < 4.78 is 31.4. The third kappa shape index (κ3) is 4.97. The van der Waals surface area contributed by atoms with Gasteiger partial charge in [0.2, 0.25) is 5.91 Å². The zero-order valence-corrected chi connectivity index (χ0v) is 18.6. The molecule has 166 valence electrons. The molecular formula is C22H32F2N4OS. The Morgan fingerprint density at radius 3 is 2.53 bits per heavy atom. The normalized spacial score (nSPS) is 19.5. The van der Waals surface area contributed by atoms with Crippen LogP contribution in [0.2, 0.25) is 0 Å². The maximum Gasteiger partial charge on any atom is 0.225 e. The van der Waals surface area contributed by atoms with Gasteiger partial charge in [0.1, 0.15) is 5.82 Å². The van der Waals surface area contributed by atoms with Crippen LogP contribution in [0.4, 0.5) is 8.78 Å². The first-order chi connectivity index (χ1) is 15.0. The lowest BCUT2D eigenvalue weighted by Crippen LogP contribution is -2.45. The molecule has 3 heterocycles. The Bertz CT molecular complexity index is 865. The number of carbonyl (C=O) groups excluding carboxylic acids is 1. The Labute approximate surface area is 183 Å². The van der Waals surface area contributed by atoms with Gasteiger partial charge in [0, 0.05) is 31.1 Å². The Morgan fingerprint density at radius 2 is 1.90 bits per heavy atom. The SMILES string of the molecule is CCSc1nc2cc(F)ccc2n1C1CCN(C(=O)C2CCN(C)CC2)CC1.[2H]CF. The number of amides is 1. The Balaban J connectivity index is 0.000000858. The van der Waals surface area contributed by atoms with Crippen LogP contribution in [0.1, 0.15) is 40.0 Å². The van der Waals surface area contributed by atoms with Crippen LogP contribution in [0.15, 0.2) is 23.4 Å². The number of hydrogen-bond acceptors (Lipinski definition) is 4. The maximum absolute atomic E-state index is 13.6. The number of halogens is 2. The van der Waals surface area contributed by atoms with E-state index in [1.807, 2.05) is 6.07 Å². The lowest BCUT2D eigenvalue weighted by molar-refractivity contribution is -0.138. The van der Waals surface area contributed by atoms with Crippen LogP contribution in [0.3, 0.4) is 0 Å². The van der Waals surface area contributed by atoms with Crippen LogP contribution < -0.4 is 0 Å². The van der Waals surface area contributed by atoms with Crippen molar-refractivity contribution in [2.45, 2.75) is 43.8 Å². The Morgan fingerprint density at radius 1 is 1.23 bits per heavy atom. The van der Waals surface area contributed by atoms with Crippen molar-refractivity contribution in [3.8, 4) is 0 Å². The van der Waals surface area contributed by atoms with Crippen molar-refractivity contribution in [1.82, 2.24) is 19.4 Å². The molecule has 0 bridgehead atoms. The highest BCUT2D eigenvalue weighted by Crippen LogP contribution is 2.34. The lowest BCUT2D eigenvalue weighted by atomic mass is 9.94. The van der Waals surface area contributed by atoms with Crippen molar-refractivity contribution < 1.29 is 14.9 Å². The van der Waals surface area contributed by atoms with Gasteiger partial charge in [-0.05, 0) is 63.7 Å². The first-order valence-corrected chi connectivity index (χ1v) is 11.6. The second-order valence-electron chi connectivity index (χ2n) is 7.96. The number of nitrogens with zero attached hydrogens (tertiary/aromatic N) is 4. The number of aromatic nitrogens is 2. The largest absolute Gasteiger partial charge is 0.342 e. The zero-order chi connectivity index (χ0) is 22.4. The van der Waals surface area contributed by atoms with E-state index in [2.05, 4.69) is 33.3 Å². The van der Waals surface area contributed by atoms with Gasteiger partial charge < -0.3 is 14.4 Å². The molecule has 0 unspecified atom stereocenters. The first-order valence-electron chi connectivity index (χ1n) is 11.3. The topological polar surface area (TPSA) is 41.4 Å². The molecule has 0 aliphatic carbocycles. The predicted molar refractivity (Wildman–Crippen MR) is 118 cm³/mol. The highest BCUT2D eigenvalue weighted by Gasteiger charge is 2.31. The van der Waals surface area contributed by atoms with Crippen molar-refractivity contribution >= 4 is 28.7 Å². The van der Waals surface area contributed by atoms with Crippen LogP contribution in [-0.2, 0) is 4.79 Å². The van der Waals surface area contributed by atoms with Gasteiger partial charge in [0.25, 0.3) is 0 Å². The third-order valence-corrected chi connectivity index (χ3v) is 6.94. The van der Waals surface area contributed by atoms with Gasteiger partial charge in [-0.15, -0.1) is 0 Å². The van der Waals surface area contributed by atoms with E-state index in [1.165, 1.54) is 12.1 Å². The fourth-order valence-corrected chi connectivity index (χ4v) is 5.30. The van der Waals surface area contributed by atoms with Crippen LogP contribution in [-0.4, -0.2) is 71.4 Å². The molecule has 0 spiro atoms. The van der Waals surface area contributed by atoms with E-state index >= 15 is 0 Å². The average molecular weight is 440 g/mol. The molecule has 2 fully saturated rings. The van der Waals surface area contributed by atoms with Crippen LogP contribution in [0.5, 0.6) is 0 Å². The molecule has 2 aliphatic heterocycles. The van der Waals surface area contributed by atoms with Crippen molar-refractivity contribution in [1.29, 1.82) is 0 Å². The number of imidazole rings is 1. The van der Waals surface area contributed by atoms with Gasteiger partial charge >= 0.3 is 0 Å². The monoisotopic (exact) mass is 439 g/mol. The summed E-state index contributed by atoms with van der Waals surface area (Å²) in [5.74, 6) is 1.21. The summed E-state index contributed by atoms with van der Waals surface area (Å²) in [7, 11) is 1.12. The number of likely N-dealkylation sites (tertiary alicyclic amines) is 2. The summed E-state index contributed by atoms with van der Waals surface area (Å²) in [6.45, 7) is 5.74. The van der Waals surface area contributed by atoms with Gasteiger partial charge in [-0.1, -0.05) is 18.7 Å². The van der Waals surface area contributed by atoms with Crippen molar-refractivity contribution in [2.24, 2.45) is 5.92 Å². The molecule has 2 aliphatic rings. The molecule has 0 N–H and O–H groups in total. The summed E-state index contributed by atoms with van der Waals surface area (Å²) >= 11 is 1.70. The molecule has 2 saturated heterocycles. The number of alkyl halides is 1. The molecule has 1 amide bonds. The van der Waals surface area contributed by atoms with Crippen LogP contribution >= 0.6 is 11.8 Å². The van der Waals surface area contributed by atoms with E-state index in [1.54, 1.807) is 11.8 Å². The number of carbonyl (C=O) groups is 1. The van der Waals surface area contributed by atoms with Crippen LogP contribution in [0, 0.1) is 11.7 Å². The summed E-state index contributed by atoms with van der Waals surface area (Å²) in [5, 5.41) is 0.961. The van der Waals surface area contributed by atoms with Crippen LogP contribution in [0.25, 0.3) is 11.0 Å². The summed E-state index contributed by atoms with van der Waals surface area (Å²) in [5.41, 5.74) is 1.72.